The van der Waals surface area contributed by atoms with Crippen LogP contribution in [0.5, 0.6) is 5.75 Å². The lowest BCUT2D eigenvalue weighted by atomic mass is 9.76. The summed E-state index contributed by atoms with van der Waals surface area (Å²) in [5.41, 5.74) is 1.79. The van der Waals surface area contributed by atoms with Crippen molar-refractivity contribution in [3.8, 4) is 5.75 Å². The van der Waals surface area contributed by atoms with Crippen LogP contribution in [0.1, 0.15) is 36.8 Å². The molecule has 0 unspecified atom stereocenters. The van der Waals surface area contributed by atoms with Gasteiger partial charge in [-0.3, -0.25) is 4.79 Å². The molecule has 4 heteroatoms. The maximum atomic E-state index is 13.1. The molecule has 0 atom stereocenters. The Kier molecular flexibility index (Phi) is 4.13. The van der Waals surface area contributed by atoms with E-state index in [-0.39, 0.29) is 23.8 Å². The molecule has 0 radical (unpaired) electrons. The topological polar surface area (TPSA) is 49.8 Å². The molecule has 1 aromatic rings. The first kappa shape index (κ1) is 15.3. The largest absolute Gasteiger partial charge is 0.496 e. The van der Waals surface area contributed by atoms with Crippen LogP contribution in [-0.4, -0.2) is 42.7 Å². The third-order valence-electron chi connectivity index (χ3n) is 5.33. The molecule has 1 aliphatic carbocycles. The first-order valence-electron chi connectivity index (χ1n) is 8.16. The molecule has 3 rings (SSSR count). The number of carbonyl (C=O) groups is 1. The maximum absolute atomic E-state index is 13.1. The molecule has 0 bridgehead atoms. The highest BCUT2D eigenvalue weighted by Gasteiger charge is 2.47. The minimum Gasteiger partial charge on any atom is -0.496 e. The van der Waals surface area contributed by atoms with E-state index in [1.54, 1.807) is 7.11 Å². The van der Waals surface area contributed by atoms with Crippen molar-refractivity contribution in [3.05, 3.63) is 29.3 Å². The minimum absolute atomic E-state index is 0.176. The van der Waals surface area contributed by atoms with Crippen molar-refractivity contribution in [2.75, 3.05) is 26.8 Å². The van der Waals surface area contributed by atoms with Crippen molar-refractivity contribution >= 4 is 5.91 Å². The summed E-state index contributed by atoms with van der Waals surface area (Å²) in [4.78, 5) is 15.0. The quantitative estimate of drug-likeness (QED) is 0.928. The van der Waals surface area contributed by atoms with Crippen LogP contribution in [0.25, 0.3) is 0 Å². The number of aryl methyl sites for hydroxylation is 1. The van der Waals surface area contributed by atoms with Gasteiger partial charge in [0, 0.05) is 25.6 Å². The Morgan fingerprint density at radius 3 is 2.64 bits per heavy atom. The molecule has 1 aromatic carbocycles. The lowest BCUT2D eigenvalue weighted by Crippen LogP contribution is -2.57. The number of amides is 1. The number of likely N-dealkylation sites (tertiary alicyclic amines) is 1. The molecular formula is C18H25NO3. The van der Waals surface area contributed by atoms with E-state index in [0.717, 1.165) is 42.6 Å². The molecule has 4 nitrogen and oxygen atoms in total. The van der Waals surface area contributed by atoms with Crippen molar-refractivity contribution in [1.29, 1.82) is 0 Å². The van der Waals surface area contributed by atoms with Gasteiger partial charge in [0.2, 0.25) is 5.91 Å². The monoisotopic (exact) mass is 303 g/mol. The Balaban J connectivity index is 1.90. The fourth-order valence-electron chi connectivity index (χ4n) is 3.88. The predicted molar refractivity (Wildman–Crippen MR) is 85.0 cm³/mol. The van der Waals surface area contributed by atoms with Crippen molar-refractivity contribution in [3.63, 3.8) is 0 Å². The fraction of sp³-hybridized carbons (Fsp3) is 0.611. The van der Waals surface area contributed by atoms with E-state index in [0.29, 0.717) is 13.1 Å². The summed E-state index contributed by atoms with van der Waals surface area (Å²) in [7, 11) is 1.68. The first-order chi connectivity index (χ1) is 10.6. The molecule has 0 aromatic heterocycles. The highest BCUT2D eigenvalue weighted by molar-refractivity contribution is 5.89. The summed E-state index contributed by atoms with van der Waals surface area (Å²) in [5.74, 6) is 1.35. The summed E-state index contributed by atoms with van der Waals surface area (Å²) in [5, 5.41) is 9.18. The van der Waals surface area contributed by atoms with Crippen molar-refractivity contribution in [1.82, 2.24) is 4.90 Å². The van der Waals surface area contributed by atoms with E-state index in [9.17, 15) is 9.90 Å². The average molecular weight is 303 g/mol. The van der Waals surface area contributed by atoms with E-state index >= 15 is 0 Å². The number of nitrogens with zero attached hydrogens (tertiary/aromatic N) is 1. The number of hydrogen-bond acceptors (Lipinski definition) is 3. The van der Waals surface area contributed by atoms with Crippen LogP contribution in [0.3, 0.4) is 0 Å². The Morgan fingerprint density at radius 2 is 2.05 bits per heavy atom. The molecule has 1 saturated carbocycles. The van der Waals surface area contributed by atoms with Gasteiger partial charge in [-0.1, -0.05) is 25.0 Å². The van der Waals surface area contributed by atoms with E-state index in [4.69, 9.17) is 4.74 Å². The van der Waals surface area contributed by atoms with Gasteiger partial charge < -0.3 is 14.7 Å². The highest BCUT2D eigenvalue weighted by Crippen LogP contribution is 2.44. The van der Waals surface area contributed by atoms with E-state index in [2.05, 4.69) is 6.07 Å². The Bertz CT molecular complexity index is 557. The lowest BCUT2D eigenvalue weighted by molar-refractivity contribution is -0.144. The van der Waals surface area contributed by atoms with Gasteiger partial charge >= 0.3 is 0 Å². The predicted octanol–water partition coefficient (Wildman–Crippen LogP) is 2.27. The Hall–Kier alpha value is -1.55. The number of methoxy groups -OCH3 is 1. The zero-order valence-electron chi connectivity index (χ0n) is 13.5. The third-order valence-corrected chi connectivity index (χ3v) is 5.33. The Labute approximate surface area is 132 Å². The highest BCUT2D eigenvalue weighted by atomic mass is 16.5. The van der Waals surface area contributed by atoms with Gasteiger partial charge in [-0.05, 0) is 37.0 Å². The molecule has 1 aliphatic heterocycles. The first-order valence-corrected chi connectivity index (χ1v) is 8.16. The van der Waals surface area contributed by atoms with Gasteiger partial charge in [0.1, 0.15) is 5.75 Å². The second kappa shape index (κ2) is 5.92. The number of aliphatic hydroxyl groups is 1. The molecule has 1 heterocycles. The summed E-state index contributed by atoms with van der Waals surface area (Å²) in [6, 6.07) is 6.18. The average Bonchev–Trinajstić information content (AvgIpc) is 2.97. The van der Waals surface area contributed by atoms with E-state index in [1.165, 1.54) is 0 Å². The number of hydrogen-bond donors (Lipinski definition) is 1. The summed E-state index contributed by atoms with van der Waals surface area (Å²) >= 11 is 0. The Morgan fingerprint density at radius 1 is 1.36 bits per heavy atom. The molecule has 1 saturated heterocycles. The van der Waals surface area contributed by atoms with Gasteiger partial charge in [-0.25, -0.2) is 0 Å². The van der Waals surface area contributed by atoms with Crippen LogP contribution in [0.15, 0.2) is 18.2 Å². The van der Waals surface area contributed by atoms with Crippen molar-refractivity contribution < 1.29 is 14.6 Å². The van der Waals surface area contributed by atoms with Crippen LogP contribution >= 0.6 is 0 Å². The SMILES string of the molecule is COc1cc(C2(C(=O)N3CC(CO)C3)CCCC2)ccc1C. The minimum atomic E-state index is -0.387. The van der Waals surface area contributed by atoms with Crippen LogP contribution in [0.4, 0.5) is 0 Å². The van der Waals surface area contributed by atoms with Gasteiger partial charge in [-0.15, -0.1) is 0 Å². The zero-order valence-corrected chi connectivity index (χ0v) is 13.5. The number of rotatable bonds is 4. The molecule has 2 fully saturated rings. The number of benzene rings is 1. The van der Waals surface area contributed by atoms with Gasteiger partial charge in [0.05, 0.1) is 12.5 Å². The number of carbonyl (C=O) groups excluding carboxylic acids is 1. The standard InChI is InChI=1S/C18H25NO3/c1-13-5-6-15(9-16(13)22-2)18(7-3-4-8-18)17(21)19-10-14(11-19)12-20/h5-6,9,14,20H,3-4,7-8,10-12H2,1-2H3. The van der Waals surface area contributed by atoms with Gasteiger partial charge in [-0.2, -0.15) is 0 Å². The third kappa shape index (κ3) is 2.39. The molecule has 22 heavy (non-hydrogen) atoms. The zero-order chi connectivity index (χ0) is 15.7. The molecule has 2 aliphatic rings. The van der Waals surface area contributed by atoms with Gasteiger partial charge in [0.15, 0.2) is 0 Å². The smallest absolute Gasteiger partial charge is 0.233 e. The van der Waals surface area contributed by atoms with Crippen LogP contribution in [-0.2, 0) is 10.2 Å². The molecule has 0 spiro atoms. The van der Waals surface area contributed by atoms with Gasteiger partial charge in [0.25, 0.3) is 0 Å². The second-order valence-corrected chi connectivity index (χ2v) is 6.73. The van der Waals surface area contributed by atoms with Crippen molar-refractivity contribution in [2.45, 2.75) is 38.0 Å². The summed E-state index contributed by atoms with van der Waals surface area (Å²) in [6.45, 7) is 3.59. The van der Waals surface area contributed by atoms with E-state index in [1.807, 2.05) is 24.0 Å². The number of aliphatic hydroxyl groups excluding tert-OH is 1. The lowest BCUT2D eigenvalue weighted by Gasteiger charge is -2.43. The summed E-state index contributed by atoms with van der Waals surface area (Å²) < 4.78 is 5.45. The molecule has 120 valence electrons. The maximum Gasteiger partial charge on any atom is 0.233 e. The van der Waals surface area contributed by atoms with Crippen molar-refractivity contribution in [2.24, 2.45) is 5.92 Å². The number of ether oxygens (including phenoxy) is 1. The van der Waals surface area contributed by atoms with E-state index < -0.39 is 0 Å². The molecular weight excluding hydrogens is 278 g/mol. The van der Waals surface area contributed by atoms with Crippen LogP contribution < -0.4 is 4.74 Å². The summed E-state index contributed by atoms with van der Waals surface area (Å²) in [6.07, 6.45) is 4.02. The molecule has 1 N–H and O–H groups in total. The normalized spacial score (nSPS) is 20.8. The fourth-order valence-corrected chi connectivity index (χ4v) is 3.88. The van der Waals surface area contributed by atoms with Crippen LogP contribution in [0.2, 0.25) is 0 Å². The van der Waals surface area contributed by atoms with Crippen LogP contribution in [0, 0.1) is 12.8 Å². The molecule has 1 amide bonds. The second-order valence-electron chi connectivity index (χ2n) is 6.73.